The lowest BCUT2D eigenvalue weighted by Crippen LogP contribution is -2.37. The van der Waals surface area contributed by atoms with Crippen molar-refractivity contribution in [1.82, 2.24) is 4.98 Å². The number of nitrogens with two attached hydrogens (primary N) is 1. The molecule has 0 amide bonds. The molecule has 1 aromatic heterocycles. The topological polar surface area (TPSA) is 38.9 Å². The first-order chi connectivity index (χ1) is 10.2. The van der Waals surface area contributed by atoms with E-state index in [-0.39, 0.29) is 6.04 Å². The van der Waals surface area contributed by atoms with Gasteiger partial charge in [0.05, 0.1) is 10.0 Å². The van der Waals surface area contributed by atoms with Gasteiger partial charge in [0.1, 0.15) is 0 Å². The molecular formula is C17H19ClN2S. The molecule has 0 bridgehead atoms. The van der Waals surface area contributed by atoms with Gasteiger partial charge in [0, 0.05) is 17.5 Å². The van der Waals surface area contributed by atoms with Gasteiger partial charge in [-0.25, -0.2) is 4.98 Å². The minimum atomic E-state index is 0.243. The summed E-state index contributed by atoms with van der Waals surface area (Å²) in [5, 5.41) is 2.10. The summed E-state index contributed by atoms with van der Waals surface area (Å²) in [6.07, 6.45) is 5.06. The van der Waals surface area contributed by atoms with Crippen molar-refractivity contribution in [1.29, 1.82) is 0 Å². The smallest absolute Gasteiger partial charge is 0.0964 e. The van der Waals surface area contributed by atoms with Crippen molar-refractivity contribution < 1.29 is 0 Å². The van der Waals surface area contributed by atoms with E-state index in [9.17, 15) is 0 Å². The van der Waals surface area contributed by atoms with E-state index >= 15 is 0 Å². The van der Waals surface area contributed by atoms with Crippen molar-refractivity contribution in [2.75, 3.05) is 0 Å². The van der Waals surface area contributed by atoms with E-state index in [1.807, 2.05) is 12.1 Å². The summed E-state index contributed by atoms with van der Waals surface area (Å²) in [6.45, 7) is 0. The maximum absolute atomic E-state index is 6.32. The van der Waals surface area contributed by atoms with Crippen molar-refractivity contribution in [3.63, 3.8) is 0 Å². The largest absolute Gasteiger partial charge is 0.327 e. The third kappa shape index (κ3) is 3.79. The van der Waals surface area contributed by atoms with Gasteiger partial charge in [0.15, 0.2) is 0 Å². The number of halogens is 1. The van der Waals surface area contributed by atoms with Crippen molar-refractivity contribution >= 4 is 23.4 Å². The summed E-state index contributed by atoms with van der Waals surface area (Å²) in [6, 6.07) is 14.9. The second-order valence-corrected chi connectivity index (χ2v) is 7.25. The molecule has 1 saturated carbocycles. The minimum Gasteiger partial charge on any atom is -0.327 e. The summed E-state index contributed by atoms with van der Waals surface area (Å²) in [5.74, 6) is 0.607. The number of aromatic nitrogens is 1. The zero-order valence-corrected chi connectivity index (χ0v) is 13.4. The molecule has 0 spiro atoms. The van der Waals surface area contributed by atoms with Crippen LogP contribution >= 0.6 is 23.4 Å². The van der Waals surface area contributed by atoms with Crippen LogP contribution in [0, 0.1) is 0 Å². The second kappa shape index (κ2) is 6.82. The summed E-state index contributed by atoms with van der Waals surface area (Å²) in [4.78, 5) is 4.38. The number of nitrogens with zero attached hydrogens (tertiary/aromatic N) is 1. The zero-order valence-electron chi connectivity index (χ0n) is 11.8. The summed E-state index contributed by atoms with van der Waals surface area (Å²) >= 11 is 7.67. The fourth-order valence-corrected chi connectivity index (χ4v) is 4.22. The standard InChI is InChI=1S/C17H19ClN2S/c18-14-7-9-17(20-11-14)21-16-10-13(6-8-15(16)19)12-4-2-1-3-5-12/h1-5,7,9,11,13,15-16H,6,8,10,19H2. The zero-order chi connectivity index (χ0) is 14.7. The average molecular weight is 319 g/mol. The molecule has 2 N–H and O–H groups in total. The lowest BCUT2D eigenvalue weighted by molar-refractivity contribution is 0.406. The Labute approximate surface area is 135 Å². The molecule has 2 nitrogen and oxygen atoms in total. The molecule has 1 aromatic carbocycles. The van der Waals surface area contributed by atoms with Crippen LogP contribution < -0.4 is 5.73 Å². The normalized spacial score (nSPS) is 25.7. The van der Waals surface area contributed by atoms with E-state index in [1.54, 1.807) is 18.0 Å². The van der Waals surface area contributed by atoms with Crippen molar-refractivity contribution in [2.45, 2.75) is 41.5 Å². The maximum atomic E-state index is 6.32. The van der Waals surface area contributed by atoms with Crippen LogP contribution in [0.1, 0.15) is 30.7 Å². The Hall–Kier alpha value is -1.03. The molecule has 21 heavy (non-hydrogen) atoms. The molecule has 0 aliphatic heterocycles. The molecule has 2 aromatic rings. The Balaban J connectivity index is 1.70. The van der Waals surface area contributed by atoms with Gasteiger partial charge in [-0.15, -0.1) is 11.8 Å². The highest BCUT2D eigenvalue weighted by Crippen LogP contribution is 2.39. The first-order valence-electron chi connectivity index (χ1n) is 7.31. The summed E-state index contributed by atoms with van der Waals surface area (Å²) < 4.78 is 0. The molecule has 0 radical (unpaired) electrons. The first-order valence-corrected chi connectivity index (χ1v) is 8.57. The van der Waals surface area contributed by atoms with Crippen LogP contribution in [0.15, 0.2) is 53.7 Å². The van der Waals surface area contributed by atoms with E-state index < -0.39 is 0 Å². The number of benzene rings is 1. The molecule has 3 atom stereocenters. The number of thioether (sulfide) groups is 1. The van der Waals surface area contributed by atoms with Gasteiger partial charge >= 0.3 is 0 Å². The first kappa shape index (κ1) is 14.9. The molecule has 1 heterocycles. The Morgan fingerprint density at radius 3 is 2.62 bits per heavy atom. The van der Waals surface area contributed by atoms with Crippen LogP contribution in [0.25, 0.3) is 0 Å². The van der Waals surface area contributed by atoms with Crippen LogP contribution in [0.4, 0.5) is 0 Å². The van der Waals surface area contributed by atoms with Crippen LogP contribution in [0.3, 0.4) is 0 Å². The predicted octanol–water partition coefficient (Wildman–Crippen LogP) is 4.49. The van der Waals surface area contributed by atoms with Gasteiger partial charge in [-0.1, -0.05) is 41.9 Å². The number of pyridine rings is 1. The number of hydrogen-bond acceptors (Lipinski definition) is 3. The average Bonchev–Trinajstić information content (AvgIpc) is 2.52. The maximum Gasteiger partial charge on any atom is 0.0964 e. The van der Waals surface area contributed by atoms with Gasteiger partial charge in [-0.2, -0.15) is 0 Å². The van der Waals surface area contributed by atoms with Crippen molar-refractivity contribution in [2.24, 2.45) is 5.73 Å². The minimum absolute atomic E-state index is 0.243. The molecule has 1 fully saturated rings. The molecule has 110 valence electrons. The second-order valence-electron chi connectivity index (χ2n) is 5.56. The molecule has 4 heteroatoms. The predicted molar refractivity (Wildman–Crippen MR) is 89.9 cm³/mol. The van der Waals surface area contributed by atoms with E-state index in [4.69, 9.17) is 17.3 Å². The Morgan fingerprint density at radius 1 is 1.10 bits per heavy atom. The van der Waals surface area contributed by atoms with Crippen molar-refractivity contribution in [3.05, 3.63) is 59.2 Å². The van der Waals surface area contributed by atoms with Crippen LogP contribution in [0.2, 0.25) is 5.02 Å². The van der Waals surface area contributed by atoms with Crippen molar-refractivity contribution in [3.8, 4) is 0 Å². The van der Waals surface area contributed by atoms with E-state index in [1.165, 1.54) is 12.0 Å². The van der Waals surface area contributed by atoms with Gasteiger partial charge in [-0.05, 0) is 42.9 Å². The lowest BCUT2D eigenvalue weighted by Gasteiger charge is -2.33. The Morgan fingerprint density at radius 2 is 1.90 bits per heavy atom. The summed E-state index contributed by atoms with van der Waals surface area (Å²) in [5.41, 5.74) is 7.75. The number of rotatable bonds is 3. The van der Waals surface area contributed by atoms with Gasteiger partial charge in [0.25, 0.3) is 0 Å². The molecular weight excluding hydrogens is 300 g/mol. The monoisotopic (exact) mass is 318 g/mol. The van der Waals surface area contributed by atoms with Gasteiger partial charge in [-0.3, -0.25) is 0 Å². The highest BCUT2D eigenvalue weighted by molar-refractivity contribution is 7.99. The quantitative estimate of drug-likeness (QED) is 0.906. The molecule has 0 saturated heterocycles. The number of hydrogen-bond donors (Lipinski definition) is 1. The van der Waals surface area contributed by atoms with Crippen LogP contribution in [0.5, 0.6) is 0 Å². The Bertz CT molecular complexity index is 573. The third-order valence-corrected chi connectivity index (χ3v) is 5.64. The van der Waals surface area contributed by atoms with Gasteiger partial charge in [0.2, 0.25) is 0 Å². The van der Waals surface area contributed by atoms with Gasteiger partial charge < -0.3 is 5.73 Å². The molecule has 3 rings (SSSR count). The van der Waals surface area contributed by atoms with Crippen LogP contribution in [-0.4, -0.2) is 16.3 Å². The fraction of sp³-hybridized carbons (Fsp3) is 0.353. The SMILES string of the molecule is NC1CCC(c2ccccc2)CC1Sc1ccc(Cl)cn1. The highest BCUT2D eigenvalue weighted by atomic mass is 35.5. The Kier molecular flexibility index (Phi) is 4.84. The molecule has 1 aliphatic carbocycles. The van der Waals surface area contributed by atoms with E-state index in [0.29, 0.717) is 16.2 Å². The van der Waals surface area contributed by atoms with E-state index in [2.05, 4.69) is 35.3 Å². The van der Waals surface area contributed by atoms with Crippen LogP contribution in [-0.2, 0) is 0 Å². The molecule has 1 aliphatic rings. The lowest BCUT2D eigenvalue weighted by atomic mass is 9.82. The fourth-order valence-electron chi connectivity index (χ4n) is 2.90. The molecule has 3 unspecified atom stereocenters. The third-order valence-electron chi connectivity index (χ3n) is 4.09. The highest BCUT2D eigenvalue weighted by Gasteiger charge is 2.29. The summed E-state index contributed by atoms with van der Waals surface area (Å²) in [7, 11) is 0. The van der Waals surface area contributed by atoms with E-state index in [0.717, 1.165) is 17.9 Å².